The van der Waals surface area contributed by atoms with E-state index in [1.54, 1.807) is 16.6 Å². The fourth-order valence-electron chi connectivity index (χ4n) is 2.86. The van der Waals surface area contributed by atoms with Crippen molar-refractivity contribution in [3.8, 4) is 0 Å². The Morgan fingerprint density at radius 1 is 1.38 bits per heavy atom. The Morgan fingerprint density at radius 3 is 2.57 bits per heavy atom. The van der Waals surface area contributed by atoms with Crippen molar-refractivity contribution in [2.75, 3.05) is 25.0 Å². The Kier molecular flexibility index (Phi) is 5.27. The highest BCUT2D eigenvalue weighted by molar-refractivity contribution is 9.10. The van der Waals surface area contributed by atoms with Crippen LogP contribution in [0.4, 0.5) is 5.82 Å². The van der Waals surface area contributed by atoms with Crippen LogP contribution in [-0.4, -0.2) is 37.3 Å². The van der Waals surface area contributed by atoms with E-state index >= 15 is 0 Å². The first kappa shape index (κ1) is 16.7. The number of nitrogens with one attached hydrogen (secondary N) is 1. The first-order valence-electron chi connectivity index (χ1n) is 7.24. The highest BCUT2D eigenvalue weighted by Gasteiger charge is 2.33. The van der Waals surface area contributed by atoms with Gasteiger partial charge in [0, 0.05) is 30.3 Å². The molecule has 21 heavy (non-hydrogen) atoms. The molecule has 2 atom stereocenters. The average molecular weight is 376 g/mol. The number of pyridine rings is 1. The Bertz CT molecular complexity index is 596. The van der Waals surface area contributed by atoms with Crippen LogP contribution >= 0.6 is 15.9 Å². The molecule has 118 valence electrons. The number of hydrogen-bond donors (Lipinski definition) is 1. The first-order chi connectivity index (χ1) is 9.84. The zero-order chi connectivity index (χ0) is 15.6. The molecule has 1 aromatic heterocycles. The van der Waals surface area contributed by atoms with Gasteiger partial charge in [-0.2, -0.15) is 4.31 Å². The summed E-state index contributed by atoms with van der Waals surface area (Å²) >= 11 is 3.31. The van der Waals surface area contributed by atoms with Crippen molar-refractivity contribution in [3.63, 3.8) is 0 Å². The predicted octanol–water partition coefficient (Wildman–Crippen LogP) is 2.94. The molecular weight excluding hydrogens is 354 g/mol. The molecule has 2 rings (SSSR count). The molecule has 7 heteroatoms. The standard InChI is InChI=1S/C14H22BrN3O2S/c1-4-16-14-13(6-12(15)7-17-14)21(19,20)18-8-10(2)5-11(3)9-18/h6-7,10-11H,4-5,8-9H2,1-3H3,(H,16,17). The molecule has 0 saturated carbocycles. The van der Waals surface area contributed by atoms with Crippen LogP contribution in [0.3, 0.4) is 0 Å². The molecule has 0 spiro atoms. The van der Waals surface area contributed by atoms with E-state index in [0.717, 1.165) is 6.42 Å². The molecule has 1 N–H and O–H groups in total. The maximum atomic E-state index is 13.0. The summed E-state index contributed by atoms with van der Waals surface area (Å²) in [6, 6.07) is 1.63. The SMILES string of the molecule is CCNc1ncc(Br)cc1S(=O)(=O)N1CC(C)CC(C)C1. The zero-order valence-corrected chi connectivity index (χ0v) is 15.0. The van der Waals surface area contributed by atoms with E-state index in [1.807, 2.05) is 6.92 Å². The van der Waals surface area contributed by atoms with E-state index in [4.69, 9.17) is 0 Å². The van der Waals surface area contributed by atoms with Crippen LogP contribution in [-0.2, 0) is 10.0 Å². The summed E-state index contributed by atoms with van der Waals surface area (Å²) in [4.78, 5) is 4.45. The van der Waals surface area contributed by atoms with Crippen LogP contribution < -0.4 is 5.32 Å². The van der Waals surface area contributed by atoms with Gasteiger partial charge in [0.05, 0.1) is 0 Å². The van der Waals surface area contributed by atoms with Crippen molar-refractivity contribution in [3.05, 3.63) is 16.7 Å². The van der Waals surface area contributed by atoms with Gasteiger partial charge in [-0.25, -0.2) is 13.4 Å². The van der Waals surface area contributed by atoms with E-state index in [9.17, 15) is 8.42 Å². The number of rotatable bonds is 4. The summed E-state index contributed by atoms with van der Waals surface area (Å²) in [7, 11) is -3.52. The lowest BCUT2D eigenvalue weighted by Gasteiger charge is -2.34. The van der Waals surface area contributed by atoms with Crippen molar-refractivity contribution in [1.29, 1.82) is 0 Å². The van der Waals surface area contributed by atoms with Gasteiger partial charge < -0.3 is 5.32 Å². The van der Waals surface area contributed by atoms with Crippen molar-refractivity contribution >= 4 is 31.8 Å². The fourth-order valence-corrected chi connectivity index (χ4v) is 5.17. The molecule has 1 aliphatic rings. The Labute approximate surface area is 135 Å². The number of sulfonamides is 1. The smallest absolute Gasteiger partial charge is 0.246 e. The number of piperidine rings is 1. The maximum Gasteiger partial charge on any atom is 0.246 e. The number of nitrogens with zero attached hydrogens (tertiary/aromatic N) is 2. The molecule has 0 bridgehead atoms. The highest BCUT2D eigenvalue weighted by Crippen LogP contribution is 2.30. The summed E-state index contributed by atoms with van der Waals surface area (Å²) in [5, 5.41) is 3.03. The monoisotopic (exact) mass is 375 g/mol. The van der Waals surface area contributed by atoms with E-state index in [-0.39, 0.29) is 4.90 Å². The minimum Gasteiger partial charge on any atom is -0.369 e. The second-order valence-electron chi connectivity index (χ2n) is 5.80. The van der Waals surface area contributed by atoms with Crippen LogP contribution in [0.2, 0.25) is 0 Å². The third-order valence-corrected chi connectivity index (χ3v) is 5.90. The Morgan fingerprint density at radius 2 is 2.00 bits per heavy atom. The number of hydrogen-bond acceptors (Lipinski definition) is 4. The minimum absolute atomic E-state index is 0.250. The molecule has 2 heterocycles. The first-order valence-corrected chi connectivity index (χ1v) is 9.47. The lowest BCUT2D eigenvalue weighted by atomic mass is 9.94. The number of anilines is 1. The van der Waals surface area contributed by atoms with Crippen LogP contribution in [0.1, 0.15) is 27.2 Å². The molecular formula is C14H22BrN3O2S. The topological polar surface area (TPSA) is 62.3 Å². The van der Waals surface area contributed by atoms with E-state index in [1.165, 1.54) is 0 Å². The van der Waals surface area contributed by atoms with Crippen LogP contribution in [0.15, 0.2) is 21.6 Å². The second-order valence-corrected chi connectivity index (χ2v) is 8.62. The minimum atomic E-state index is -3.52. The maximum absolute atomic E-state index is 13.0. The second kappa shape index (κ2) is 6.62. The van der Waals surface area contributed by atoms with Gasteiger partial charge in [0.25, 0.3) is 0 Å². The summed E-state index contributed by atoms with van der Waals surface area (Å²) in [5.74, 6) is 1.18. The van der Waals surface area contributed by atoms with E-state index < -0.39 is 10.0 Å². The molecule has 1 aliphatic heterocycles. The zero-order valence-electron chi connectivity index (χ0n) is 12.6. The number of aromatic nitrogens is 1. The van der Waals surface area contributed by atoms with Crippen molar-refractivity contribution in [2.45, 2.75) is 32.1 Å². The Balaban J connectivity index is 2.41. The van der Waals surface area contributed by atoms with E-state index in [0.29, 0.717) is 41.8 Å². The van der Waals surface area contributed by atoms with Gasteiger partial charge in [0.1, 0.15) is 10.7 Å². The van der Waals surface area contributed by atoms with Gasteiger partial charge in [-0.15, -0.1) is 0 Å². The summed E-state index contributed by atoms with van der Waals surface area (Å²) in [6.07, 6.45) is 2.68. The lowest BCUT2D eigenvalue weighted by molar-refractivity contribution is 0.222. The third-order valence-electron chi connectivity index (χ3n) is 3.62. The average Bonchev–Trinajstić information content (AvgIpc) is 2.40. The van der Waals surface area contributed by atoms with Crippen molar-refractivity contribution in [2.24, 2.45) is 11.8 Å². The van der Waals surface area contributed by atoms with Crippen molar-refractivity contribution in [1.82, 2.24) is 9.29 Å². The van der Waals surface area contributed by atoms with Gasteiger partial charge >= 0.3 is 0 Å². The molecule has 0 radical (unpaired) electrons. The van der Waals surface area contributed by atoms with Gasteiger partial charge in [0.2, 0.25) is 10.0 Å². The largest absolute Gasteiger partial charge is 0.369 e. The summed E-state index contributed by atoms with van der Waals surface area (Å²) in [6.45, 7) is 7.90. The van der Waals surface area contributed by atoms with E-state index in [2.05, 4.69) is 40.1 Å². The molecule has 2 unspecified atom stereocenters. The fraction of sp³-hybridized carbons (Fsp3) is 0.643. The molecule has 0 aliphatic carbocycles. The molecule has 5 nitrogen and oxygen atoms in total. The summed E-state index contributed by atoms with van der Waals surface area (Å²) in [5.41, 5.74) is 0. The quantitative estimate of drug-likeness (QED) is 0.878. The molecule has 1 saturated heterocycles. The van der Waals surface area contributed by atoms with Gasteiger partial charge in [-0.3, -0.25) is 0 Å². The van der Waals surface area contributed by atoms with Crippen LogP contribution in [0.25, 0.3) is 0 Å². The van der Waals surface area contributed by atoms with Gasteiger partial charge in [-0.1, -0.05) is 13.8 Å². The lowest BCUT2D eigenvalue weighted by Crippen LogP contribution is -2.42. The molecule has 1 aromatic rings. The van der Waals surface area contributed by atoms with Gasteiger partial charge in [0.15, 0.2) is 0 Å². The van der Waals surface area contributed by atoms with Crippen LogP contribution in [0, 0.1) is 11.8 Å². The molecule has 1 fully saturated rings. The Hall–Kier alpha value is -0.660. The molecule has 0 amide bonds. The normalized spacial score (nSPS) is 24.0. The number of halogens is 1. The van der Waals surface area contributed by atoms with Gasteiger partial charge in [-0.05, 0) is 47.2 Å². The van der Waals surface area contributed by atoms with Crippen LogP contribution in [0.5, 0.6) is 0 Å². The third kappa shape index (κ3) is 3.76. The highest BCUT2D eigenvalue weighted by atomic mass is 79.9. The van der Waals surface area contributed by atoms with Crippen molar-refractivity contribution < 1.29 is 8.42 Å². The summed E-state index contributed by atoms with van der Waals surface area (Å²) < 4.78 is 28.2. The predicted molar refractivity (Wildman–Crippen MR) is 87.8 cm³/mol. The molecule has 0 aromatic carbocycles.